The molecule has 21 heavy (non-hydrogen) atoms. The zero-order valence-electron chi connectivity index (χ0n) is 11.9. The van der Waals surface area contributed by atoms with Crippen molar-refractivity contribution in [3.63, 3.8) is 0 Å². The summed E-state index contributed by atoms with van der Waals surface area (Å²) in [6.07, 6.45) is 2.29. The van der Waals surface area contributed by atoms with Crippen molar-refractivity contribution in [1.82, 2.24) is 19.6 Å². The van der Waals surface area contributed by atoms with Crippen molar-refractivity contribution in [2.75, 3.05) is 11.9 Å². The van der Waals surface area contributed by atoms with E-state index < -0.39 is 5.60 Å². The predicted molar refractivity (Wildman–Crippen MR) is 82.5 cm³/mol. The van der Waals surface area contributed by atoms with E-state index in [1.54, 1.807) is 22.8 Å². The Morgan fingerprint density at radius 2 is 2.33 bits per heavy atom. The summed E-state index contributed by atoms with van der Waals surface area (Å²) in [5.41, 5.74) is 0.899. The first-order valence-corrected chi connectivity index (χ1v) is 7.73. The van der Waals surface area contributed by atoms with Gasteiger partial charge in [0.05, 0.1) is 0 Å². The number of aryl methyl sites for hydroxylation is 1. The second-order valence-corrected chi connectivity index (χ2v) is 5.88. The van der Waals surface area contributed by atoms with Crippen LogP contribution in [0.15, 0.2) is 29.2 Å². The number of aromatic nitrogens is 4. The van der Waals surface area contributed by atoms with Gasteiger partial charge in [0.2, 0.25) is 0 Å². The molecular formula is C14H17N5OS. The van der Waals surface area contributed by atoms with E-state index in [4.69, 9.17) is 0 Å². The van der Waals surface area contributed by atoms with Crippen LogP contribution < -0.4 is 5.32 Å². The van der Waals surface area contributed by atoms with Gasteiger partial charge in [0.1, 0.15) is 17.7 Å². The summed E-state index contributed by atoms with van der Waals surface area (Å²) in [6.45, 7) is 4.22. The molecular weight excluding hydrogens is 286 g/mol. The number of hydrogen-bond donors (Lipinski definition) is 2. The molecule has 2 N–H and O–H groups in total. The number of nitrogens with zero attached hydrogens (tertiary/aromatic N) is 4. The Bertz CT molecular complexity index is 735. The van der Waals surface area contributed by atoms with Crippen LogP contribution in [-0.2, 0) is 12.0 Å². The quantitative estimate of drug-likeness (QED) is 0.754. The molecule has 0 saturated heterocycles. The predicted octanol–water partition coefficient (Wildman–Crippen LogP) is 2.07. The van der Waals surface area contributed by atoms with Crippen LogP contribution in [0.4, 0.5) is 5.82 Å². The fraction of sp³-hybridized carbons (Fsp3) is 0.357. The number of thiophene rings is 1. The second kappa shape index (κ2) is 5.42. The lowest BCUT2D eigenvalue weighted by atomic mass is 9.99. The molecule has 3 aromatic heterocycles. The van der Waals surface area contributed by atoms with Gasteiger partial charge in [-0.3, -0.25) is 0 Å². The molecule has 0 bridgehead atoms. The largest absolute Gasteiger partial charge is 0.384 e. The highest BCUT2D eigenvalue weighted by Gasteiger charge is 2.23. The molecule has 110 valence electrons. The molecule has 3 rings (SSSR count). The Balaban J connectivity index is 1.86. The van der Waals surface area contributed by atoms with Gasteiger partial charge in [-0.25, -0.2) is 4.98 Å². The summed E-state index contributed by atoms with van der Waals surface area (Å²) < 4.78 is 1.64. The van der Waals surface area contributed by atoms with E-state index in [0.717, 1.165) is 23.5 Å². The molecule has 3 heterocycles. The molecule has 3 aromatic rings. The molecule has 7 heteroatoms. The fourth-order valence-corrected chi connectivity index (χ4v) is 2.89. The van der Waals surface area contributed by atoms with E-state index in [0.29, 0.717) is 12.3 Å². The van der Waals surface area contributed by atoms with E-state index in [9.17, 15) is 5.11 Å². The average Bonchev–Trinajstić information content (AvgIpc) is 3.15. The van der Waals surface area contributed by atoms with E-state index in [2.05, 4.69) is 20.4 Å². The molecule has 0 spiro atoms. The van der Waals surface area contributed by atoms with Gasteiger partial charge < -0.3 is 10.4 Å². The van der Waals surface area contributed by atoms with Crippen molar-refractivity contribution in [1.29, 1.82) is 0 Å². The molecule has 0 aliphatic heterocycles. The van der Waals surface area contributed by atoms with Crippen molar-refractivity contribution >= 4 is 22.9 Å². The highest BCUT2D eigenvalue weighted by molar-refractivity contribution is 7.08. The first kappa shape index (κ1) is 14.0. The monoisotopic (exact) mass is 303 g/mol. The standard InChI is InChI=1S/C14H17N5OS/c1-3-11-6-12(19-13(18-11)16-9-17-19)15-8-14(2,20)10-4-5-21-7-10/h4-7,9,15,20H,3,8H2,1-2H3. The average molecular weight is 303 g/mol. The lowest BCUT2D eigenvalue weighted by Gasteiger charge is -2.23. The van der Waals surface area contributed by atoms with Gasteiger partial charge in [-0.05, 0) is 35.7 Å². The van der Waals surface area contributed by atoms with E-state index >= 15 is 0 Å². The fourth-order valence-electron chi connectivity index (χ4n) is 2.10. The van der Waals surface area contributed by atoms with Crippen molar-refractivity contribution in [2.45, 2.75) is 25.9 Å². The minimum Gasteiger partial charge on any atom is -0.384 e. The minimum absolute atomic E-state index is 0.381. The SMILES string of the molecule is CCc1cc(NCC(C)(O)c2ccsc2)n2ncnc2n1. The first-order valence-electron chi connectivity index (χ1n) is 6.79. The second-order valence-electron chi connectivity index (χ2n) is 5.10. The molecule has 1 unspecified atom stereocenters. The number of nitrogens with one attached hydrogen (secondary N) is 1. The van der Waals surface area contributed by atoms with Crippen LogP contribution in [0.25, 0.3) is 5.78 Å². The van der Waals surface area contributed by atoms with E-state index in [1.165, 1.54) is 6.33 Å². The lowest BCUT2D eigenvalue weighted by Crippen LogP contribution is -2.30. The molecule has 0 amide bonds. The molecule has 0 fully saturated rings. The van der Waals surface area contributed by atoms with Gasteiger partial charge in [0.25, 0.3) is 5.78 Å². The summed E-state index contributed by atoms with van der Waals surface area (Å²) in [6, 6.07) is 3.87. The molecule has 0 aliphatic carbocycles. The van der Waals surface area contributed by atoms with Crippen LogP contribution in [0.2, 0.25) is 0 Å². The van der Waals surface area contributed by atoms with Crippen molar-refractivity contribution in [3.05, 3.63) is 40.5 Å². The van der Waals surface area contributed by atoms with Crippen molar-refractivity contribution < 1.29 is 5.11 Å². The Morgan fingerprint density at radius 1 is 1.48 bits per heavy atom. The topological polar surface area (TPSA) is 75.3 Å². The van der Waals surface area contributed by atoms with Crippen LogP contribution in [-0.4, -0.2) is 31.2 Å². The third kappa shape index (κ3) is 2.74. The smallest absolute Gasteiger partial charge is 0.254 e. The summed E-state index contributed by atoms with van der Waals surface area (Å²) >= 11 is 1.57. The highest BCUT2D eigenvalue weighted by Crippen LogP contribution is 2.23. The minimum atomic E-state index is -0.942. The molecule has 0 radical (unpaired) electrons. The molecule has 6 nitrogen and oxygen atoms in total. The molecule has 0 aliphatic rings. The maximum absolute atomic E-state index is 10.6. The van der Waals surface area contributed by atoms with Gasteiger partial charge in [-0.1, -0.05) is 6.92 Å². The lowest BCUT2D eigenvalue weighted by molar-refractivity contribution is 0.0718. The maximum Gasteiger partial charge on any atom is 0.254 e. The maximum atomic E-state index is 10.6. The van der Waals surface area contributed by atoms with Gasteiger partial charge in [0.15, 0.2) is 0 Å². The van der Waals surface area contributed by atoms with Gasteiger partial charge in [-0.2, -0.15) is 25.9 Å². The summed E-state index contributed by atoms with van der Waals surface area (Å²) in [5, 5.41) is 21.9. The van der Waals surface area contributed by atoms with E-state index in [-0.39, 0.29) is 0 Å². The Hall–Kier alpha value is -1.99. The Kier molecular flexibility index (Phi) is 3.60. The summed E-state index contributed by atoms with van der Waals surface area (Å²) in [7, 11) is 0. The Morgan fingerprint density at radius 3 is 3.05 bits per heavy atom. The van der Waals surface area contributed by atoms with Crippen LogP contribution in [0, 0.1) is 0 Å². The van der Waals surface area contributed by atoms with Gasteiger partial charge in [-0.15, -0.1) is 0 Å². The third-order valence-electron chi connectivity index (χ3n) is 3.42. The molecule has 1 atom stereocenters. The summed E-state index contributed by atoms with van der Waals surface area (Å²) in [5.74, 6) is 1.34. The number of anilines is 1. The van der Waals surface area contributed by atoms with Crippen LogP contribution in [0.3, 0.4) is 0 Å². The van der Waals surface area contributed by atoms with Crippen molar-refractivity contribution in [3.8, 4) is 0 Å². The normalized spacial score (nSPS) is 14.2. The number of hydrogen-bond acceptors (Lipinski definition) is 6. The van der Waals surface area contributed by atoms with Gasteiger partial charge >= 0.3 is 0 Å². The zero-order valence-corrected chi connectivity index (χ0v) is 12.8. The van der Waals surface area contributed by atoms with Crippen LogP contribution in [0.1, 0.15) is 25.1 Å². The molecule has 0 saturated carbocycles. The third-order valence-corrected chi connectivity index (χ3v) is 4.11. The van der Waals surface area contributed by atoms with Crippen LogP contribution >= 0.6 is 11.3 Å². The van der Waals surface area contributed by atoms with Crippen LogP contribution in [0.5, 0.6) is 0 Å². The first-order chi connectivity index (χ1) is 10.1. The van der Waals surface area contributed by atoms with Gasteiger partial charge in [0, 0.05) is 18.3 Å². The zero-order chi connectivity index (χ0) is 14.9. The Labute approximate surface area is 126 Å². The number of fused-ring (bicyclic) bond motifs is 1. The van der Waals surface area contributed by atoms with Crippen molar-refractivity contribution in [2.24, 2.45) is 0 Å². The number of aliphatic hydroxyl groups is 1. The molecule has 0 aromatic carbocycles. The van der Waals surface area contributed by atoms with E-state index in [1.807, 2.05) is 29.8 Å². The number of rotatable bonds is 5. The highest BCUT2D eigenvalue weighted by atomic mass is 32.1. The summed E-state index contributed by atoms with van der Waals surface area (Å²) in [4.78, 5) is 8.52.